The first kappa shape index (κ1) is 14.2. The van der Waals surface area contributed by atoms with Gasteiger partial charge in [-0.05, 0) is 60.2 Å². The summed E-state index contributed by atoms with van der Waals surface area (Å²) < 4.78 is 6.20. The van der Waals surface area contributed by atoms with Gasteiger partial charge in [-0.25, -0.2) is 4.79 Å². The van der Waals surface area contributed by atoms with Gasteiger partial charge in [0.15, 0.2) is 0 Å². The highest BCUT2D eigenvalue weighted by Crippen LogP contribution is 2.17. The van der Waals surface area contributed by atoms with Gasteiger partial charge in [-0.15, -0.1) is 0 Å². The van der Waals surface area contributed by atoms with Crippen molar-refractivity contribution in [1.82, 2.24) is 5.32 Å². The number of carbonyl (C=O) groups excluding carboxylic acids is 1. The van der Waals surface area contributed by atoms with E-state index in [1.165, 1.54) is 0 Å². The average molecular weight is 348 g/mol. The lowest BCUT2D eigenvalue weighted by atomic mass is 10.2. The Balaban J connectivity index is 2.50. The van der Waals surface area contributed by atoms with Crippen molar-refractivity contribution in [3.05, 3.63) is 27.3 Å². The number of anilines is 1. The summed E-state index contributed by atoms with van der Waals surface area (Å²) >= 11 is 2.24. The van der Waals surface area contributed by atoms with E-state index in [1.54, 1.807) is 7.11 Å². The van der Waals surface area contributed by atoms with Crippen molar-refractivity contribution in [3.63, 3.8) is 0 Å². The normalized spacial score (nSPS) is 12.0. The molecule has 0 aliphatic rings. The molecule has 17 heavy (non-hydrogen) atoms. The van der Waals surface area contributed by atoms with Crippen molar-refractivity contribution in [3.8, 4) is 0 Å². The van der Waals surface area contributed by atoms with Crippen LogP contribution in [0.2, 0.25) is 0 Å². The number of ether oxygens (including phenoxy) is 1. The third kappa shape index (κ3) is 4.91. The molecule has 0 saturated carbocycles. The van der Waals surface area contributed by atoms with Crippen LogP contribution in [0.3, 0.4) is 0 Å². The molecule has 1 unspecified atom stereocenters. The highest BCUT2D eigenvalue weighted by atomic mass is 127. The maximum Gasteiger partial charge on any atom is 0.319 e. The summed E-state index contributed by atoms with van der Waals surface area (Å²) in [5.41, 5.74) is 1.87. The van der Waals surface area contributed by atoms with E-state index in [9.17, 15) is 4.79 Å². The van der Waals surface area contributed by atoms with E-state index in [4.69, 9.17) is 4.74 Å². The number of nitrogens with one attached hydrogen (secondary N) is 2. The first-order valence-corrected chi connectivity index (χ1v) is 6.44. The van der Waals surface area contributed by atoms with E-state index in [1.807, 2.05) is 32.0 Å². The van der Waals surface area contributed by atoms with Crippen LogP contribution in [0.15, 0.2) is 18.2 Å². The van der Waals surface area contributed by atoms with Crippen LogP contribution in [0.5, 0.6) is 0 Å². The van der Waals surface area contributed by atoms with E-state index in [2.05, 4.69) is 33.2 Å². The molecule has 1 aromatic carbocycles. The monoisotopic (exact) mass is 348 g/mol. The SMILES string of the molecule is COC(C)CNC(=O)Nc1ccc(I)cc1C. The van der Waals surface area contributed by atoms with Gasteiger partial charge in [-0.1, -0.05) is 0 Å². The fourth-order valence-corrected chi connectivity index (χ4v) is 1.90. The minimum Gasteiger partial charge on any atom is -0.380 e. The molecule has 0 aromatic heterocycles. The van der Waals surface area contributed by atoms with Gasteiger partial charge in [-0.3, -0.25) is 0 Å². The Bertz CT molecular complexity index is 396. The van der Waals surface area contributed by atoms with Crippen molar-refractivity contribution < 1.29 is 9.53 Å². The van der Waals surface area contributed by atoms with Crippen LogP contribution in [0, 0.1) is 10.5 Å². The molecule has 0 bridgehead atoms. The van der Waals surface area contributed by atoms with E-state index in [0.29, 0.717) is 6.54 Å². The summed E-state index contributed by atoms with van der Waals surface area (Å²) in [6, 6.07) is 5.67. The standard InChI is InChI=1S/C12H17IN2O2/c1-8-6-10(13)4-5-11(8)15-12(16)14-7-9(2)17-3/h4-6,9H,7H2,1-3H3,(H2,14,15,16). The highest BCUT2D eigenvalue weighted by molar-refractivity contribution is 14.1. The second-order valence-electron chi connectivity index (χ2n) is 3.84. The summed E-state index contributed by atoms with van der Waals surface area (Å²) in [4.78, 5) is 11.6. The van der Waals surface area contributed by atoms with Crippen molar-refractivity contribution in [2.24, 2.45) is 0 Å². The van der Waals surface area contributed by atoms with Crippen molar-refractivity contribution >= 4 is 34.3 Å². The van der Waals surface area contributed by atoms with Crippen molar-refractivity contribution in [2.45, 2.75) is 20.0 Å². The fourth-order valence-electron chi connectivity index (χ4n) is 1.25. The molecule has 4 nitrogen and oxygen atoms in total. The van der Waals surface area contributed by atoms with Gasteiger partial charge in [0, 0.05) is 22.9 Å². The molecule has 2 amide bonds. The summed E-state index contributed by atoms with van der Waals surface area (Å²) in [5.74, 6) is 0. The molecule has 0 aliphatic heterocycles. The molecule has 1 atom stereocenters. The second-order valence-corrected chi connectivity index (χ2v) is 5.09. The van der Waals surface area contributed by atoms with Gasteiger partial charge < -0.3 is 15.4 Å². The molecular formula is C12H17IN2O2. The molecule has 0 radical (unpaired) electrons. The third-order valence-corrected chi connectivity index (χ3v) is 3.06. The second kappa shape index (κ2) is 6.80. The number of rotatable bonds is 4. The van der Waals surface area contributed by atoms with Crippen molar-refractivity contribution in [1.29, 1.82) is 0 Å². The number of aryl methyl sites for hydroxylation is 1. The largest absolute Gasteiger partial charge is 0.380 e. The molecule has 0 heterocycles. The quantitative estimate of drug-likeness (QED) is 0.823. The molecule has 5 heteroatoms. The van der Waals surface area contributed by atoms with Gasteiger partial charge in [0.1, 0.15) is 0 Å². The lowest BCUT2D eigenvalue weighted by Crippen LogP contribution is -2.35. The smallest absolute Gasteiger partial charge is 0.319 e. The number of amides is 2. The molecule has 0 saturated heterocycles. The molecule has 0 fully saturated rings. The van der Waals surface area contributed by atoms with Crippen LogP contribution in [0.1, 0.15) is 12.5 Å². The van der Waals surface area contributed by atoms with Crippen LogP contribution < -0.4 is 10.6 Å². The van der Waals surface area contributed by atoms with Crippen LogP contribution in [-0.2, 0) is 4.74 Å². The van der Waals surface area contributed by atoms with Crippen LogP contribution >= 0.6 is 22.6 Å². The molecule has 0 spiro atoms. The van der Waals surface area contributed by atoms with E-state index in [-0.39, 0.29) is 12.1 Å². The summed E-state index contributed by atoms with van der Waals surface area (Å²) in [7, 11) is 1.62. The first-order valence-electron chi connectivity index (χ1n) is 5.36. The Kier molecular flexibility index (Phi) is 5.70. The van der Waals surface area contributed by atoms with Gasteiger partial charge in [0.2, 0.25) is 0 Å². The minimum atomic E-state index is -0.210. The lowest BCUT2D eigenvalue weighted by molar-refractivity contribution is 0.119. The summed E-state index contributed by atoms with van der Waals surface area (Å²) in [5, 5.41) is 5.55. The number of halogens is 1. The van der Waals surface area contributed by atoms with Gasteiger partial charge in [0.05, 0.1) is 6.10 Å². The van der Waals surface area contributed by atoms with Crippen LogP contribution in [0.25, 0.3) is 0 Å². The van der Waals surface area contributed by atoms with E-state index < -0.39 is 0 Å². The number of carbonyl (C=O) groups is 1. The van der Waals surface area contributed by atoms with Crippen LogP contribution in [-0.4, -0.2) is 25.8 Å². The predicted molar refractivity (Wildman–Crippen MR) is 77.4 cm³/mol. The first-order chi connectivity index (χ1) is 8.02. The number of urea groups is 1. The number of hydrogen-bond donors (Lipinski definition) is 2. The number of hydrogen-bond acceptors (Lipinski definition) is 2. The molecule has 0 aliphatic carbocycles. The summed E-state index contributed by atoms with van der Waals surface area (Å²) in [6.07, 6.45) is 0.0126. The zero-order chi connectivity index (χ0) is 12.8. The average Bonchev–Trinajstić information content (AvgIpc) is 2.29. The van der Waals surface area contributed by atoms with E-state index in [0.717, 1.165) is 14.8 Å². The minimum absolute atomic E-state index is 0.0126. The third-order valence-electron chi connectivity index (χ3n) is 2.39. The zero-order valence-corrected chi connectivity index (χ0v) is 12.4. The van der Waals surface area contributed by atoms with Crippen LogP contribution in [0.4, 0.5) is 10.5 Å². The Morgan fingerprint density at radius 3 is 2.82 bits per heavy atom. The van der Waals surface area contributed by atoms with Gasteiger partial charge >= 0.3 is 6.03 Å². The van der Waals surface area contributed by atoms with Gasteiger partial charge in [-0.2, -0.15) is 0 Å². The molecule has 1 aromatic rings. The Morgan fingerprint density at radius 1 is 1.53 bits per heavy atom. The Morgan fingerprint density at radius 2 is 2.24 bits per heavy atom. The summed E-state index contributed by atoms with van der Waals surface area (Å²) in [6.45, 7) is 4.36. The molecule has 2 N–H and O–H groups in total. The van der Waals surface area contributed by atoms with Gasteiger partial charge in [0.25, 0.3) is 0 Å². The molecule has 1 rings (SSSR count). The highest BCUT2D eigenvalue weighted by Gasteiger charge is 2.06. The maximum absolute atomic E-state index is 11.6. The maximum atomic E-state index is 11.6. The lowest BCUT2D eigenvalue weighted by Gasteiger charge is -2.13. The molecule has 94 valence electrons. The zero-order valence-electron chi connectivity index (χ0n) is 10.2. The molecular weight excluding hydrogens is 331 g/mol. The Hall–Kier alpha value is -0.820. The topological polar surface area (TPSA) is 50.4 Å². The van der Waals surface area contributed by atoms with E-state index >= 15 is 0 Å². The predicted octanol–water partition coefficient (Wildman–Crippen LogP) is 2.76. The number of methoxy groups -OCH3 is 1. The fraction of sp³-hybridized carbons (Fsp3) is 0.417. The van der Waals surface area contributed by atoms with Crippen molar-refractivity contribution in [2.75, 3.05) is 19.0 Å². The Labute approximate surface area is 115 Å². The number of benzene rings is 1.